The minimum Gasteiger partial charge on any atom is -0.455 e. The number of esters is 1. The monoisotopic (exact) mass is 390 g/mol. The van der Waals surface area contributed by atoms with Crippen molar-refractivity contribution < 1.29 is 14.3 Å². The maximum absolute atomic E-state index is 12.2. The summed E-state index contributed by atoms with van der Waals surface area (Å²) in [4.78, 5) is 28.6. The van der Waals surface area contributed by atoms with E-state index in [9.17, 15) is 9.59 Å². The molecular weight excluding hydrogens is 368 g/mol. The van der Waals surface area contributed by atoms with Gasteiger partial charge in [0.1, 0.15) is 0 Å². The molecule has 0 aliphatic heterocycles. The van der Waals surface area contributed by atoms with Gasteiger partial charge in [0.05, 0.1) is 35.1 Å². The van der Waals surface area contributed by atoms with Crippen molar-refractivity contribution in [3.05, 3.63) is 77.1 Å². The lowest BCUT2D eigenvalue weighted by atomic mass is 10.1. The lowest BCUT2D eigenvalue weighted by Gasteiger charge is -2.12. The molecule has 0 spiro atoms. The highest BCUT2D eigenvalue weighted by Gasteiger charge is 2.13. The second-order valence-corrected chi connectivity index (χ2v) is 6.29. The molecule has 148 valence electrons. The number of hydrogen-bond acceptors (Lipinski definition) is 6. The molecule has 2 rings (SSSR count). The molecule has 0 aliphatic rings. The molecule has 7 heteroatoms. The van der Waals surface area contributed by atoms with E-state index < -0.39 is 18.5 Å². The number of carbonyl (C=O) groups is 2. The summed E-state index contributed by atoms with van der Waals surface area (Å²) in [5.41, 5.74) is 9.10. The highest BCUT2D eigenvalue weighted by atomic mass is 16.5. The largest absolute Gasteiger partial charge is 0.455 e. The summed E-state index contributed by atoms with van der Waals surface area (Å²) in [7, 11) is 0. The average Bonchev–Trinajstić information content (AvgIpc) is 2.71. The highest BCUT2D eigenvalue weighted by Crippen LogP contribution is 2.12. The van der Waals surface area contributed by atoms with Gasteiger partial charge in [0.25, 0.3) is 5.91 Å². The van der Waals surface area contributed by atoms with Crippen LogP contribution in [0.1, 0.15) is 25.0 Å². The zero-order valence-electron chi connectivity index (χ0n) is 16.3. The van der Waals surface area contributed by atoms with Gasteiger partial charge in [-0.15, -0.1) is 0 Å². The Labute approximate surface area is 169 Å². The van der Waals surface area contributed by atoms with Crippen LogP contribution in [0.3, 0.4) is 0 Å². The van der Waals surface area contributed by atoms with Crippen molar-refractivity contribution in [2.75, 3.05) is 6.61 Å². The summed E-state index contributed by atoms with van der Waals surface area (Å²) in [6, 6.07) is 17.8. The van der Waals surface area contributed by atoms with Crippen molar-refractivity contribution >= 4 is 23.3 Å². The number of nitrogens with one attached hydrogen (secondary N) is 1. The molecule has 1 amide bonds. The van der Waals surface area contributed by atoms with Crippen molar-refractivity contribution in [1.82, 2.24) is 5.32 Å². The van der Waals surface area contributed by atoms with Gasteiger partial charge in [-0.2, -0.15) is 5.26 Å². The zero-order chi connectivity index (χ0) is 21.2. The number of carbonyl (C=O) groups excluding carboxylic acids is 2. The molecule has 0 radical (unpaired) electrons. The summed E-state index contributed by atoms with van der Waals surface area (Å²) in [6.45, 7) is 2.94. The molecule has 3 N–H and O–H groups in total. The quantitative estimate of drug-likeness (QED) is 0.557. The Morgan fingerprint density at radius 1 is 1.10 bits per heavy atom. The fourth-order valence-electron chi connectivity index (χ4n) is 2.46. The summed E-state index contributed by atoms with van der Waals surface area (Å²) in [5.74, 6) is -1.06. The van der Waals surface area contributed by atoms with Crippen LogP contribution in [-0.4, -0.2) is 24.2 Å². The molecule has 0 heterocycles. The Morgan fingerprint density at radius 3 is 2.34 bits per heavy atom. The van der Waals surface area contributed by atoms with Gasteiger partial charge < -0.3 is 15.8 Å². The van der Waals surface area contributed by atoms with Gasteiger partial charge in [-0.05, 0) is 43.7 Å². The van der Waals surface area contributed by atoms with Gasteiger partial charge in [-0.1, -0.05) is 30.3 Å². The topological polar surface area (TPSA) is 118 Å². The van der Waals surface area contributed by atoms with E-state index in [4.69, 9.17) is 15.7 Å². The van der Waals surface area contributed by atoms with Crippen molar-refractivity contribution in [3.63, 3.8) is 0 Å². The number of allylic oxidation sites excluding steroid dienone is 2. The van der Waals surface area contributed by atoms with Crippen molar-refractivity contribution in [1.29, 1.82) is 5.26 Å². The first kappa shape index (κ1) is 21.4. The minimum atomic E-state index is -0.547. The van der Waals surface area contributed by atoms with Gasteiger partial charge in [-0.3, -0.25) is 14.6 Å². The average molecular weight is 390 g/mol. The summed E-state index contributed by atoms with van der Waals surface area (Å²) >= 11 is 0. The fraction of sp³-hybridized carbons (Fsp3) is 0.182. The number of hydrogen-bond donors (Lipinski definition) is 2. The van der Waals surface area contributed by atoms with Crippen LogP contribution >= 0.6 is 0 Å². The Balaban J connectivity index is 1.92. The molecule has 7 nitrogen and oxygen atoms in total. The minimum absolute atomic E-state index is 0.00605. The number of nitriles is 1. The van der Waals surface area contributed by atoms with Crippen LogP contribution in [0, 0.1) is 11.3 Å². The van der Waals surface area contributed by atoms with E-state index in [2.05, 4.69) is 10.3 Å². The van der Waals surface area contributed by atoms with E-state index in [1.807, 2.05) is 36.4 Å². The standard InChI is InChI=1S/C22H22N4O3/c1-15(24)22(16(2)25-19-6-4-3-5-7-19)26-20(27)14-29-21(28)12-17-8-10-18(13-23)11-9-17/h3-11H,12,14,24H2,1-2H3,(H,26,27). The molecule has 0 unspecified atom stereocenters. The molecule has 0 fully saturated rings. The SMILES string of the molecule is CC(=Nc1ccccc1)C(NC(=O)COC(=O)Cc1ccc(C#N)cc1)=C(C)N. The molecule has 0 saturated heterocycles. The number of ether oxygens (including phenoxy) is 1. The number of benzene rings is 2. The molecule has 0 atom stereocenters. The van der Waals surface area contributed by atoms with Crippen molar-refractivity contribution in [2.24, 2.45) is 10.7 Å². The highest BCUT2D eigenvalue weighted by molar-refractivity contribution is 6.03. The molecule has 0 aliphatic carbocycles. The molecule has 2 aromatic carbocycles. The van der Waals surface area contributed by atoms with Crippen LogP contribution < -0.4 is 11.1 Å². The maximum atomic E-state index is 12.2. The maximum Gasteiger partial charge on any atom is 0.310 e. The lowest BCUT2D eigenvalue weighted by Crippen LogP contribution is -2.32. The van der Waals surface area contributed by atoms with E-state index in [1.165, 1.54) is 0 Å². The fourth-order valence-corrected chi connectivity index (χ4v) is 2.46. The third kappa shape index (κ3) is 6.96. The molecular formula is C22H22N4O3. The number of rotatable bonds is 7. The first-order valence-electron chi connectivity index (χ1n) is 8.90. The third-order valence-electron chi connectivity index (χ3n) is 3.87. The van der Waals surface area contributed by atoms with Crippen molar-refractivity contribution in [2.45, 2.75) is 20.3 Å². The first-order valence-corrected chi connectivity index (χ1v) is 8.90. The normalized spacial score (nSPS) is 11.8. The van der Waals surface area contributed by atoms with Crippen LogP contribution in [0.4, 0.5) is 5.69 Å². The molecule has 0 bridgehead atoms. The summed E-state index contributed by atoms with van der Waals surface area (Å²) < 4.78 is 5.02. The Kier molecular flexibility index (Phi) is 7.68. The molecule has 0 aromatic heterocycles. The smallest absolute Gasteiger partial charge is 0.310 e. The Bertz CT molecular complexity index is 967. The molecule has 0 saturated carbocycles. The van der Waals surface area contributed by atoms with Gasteiger partial charge in [0.2, 0.25) is 0 Å². The van der Waals surface area contributed by atoms with Crippen LogP contribution in [0.25, 0.3) is 0 Å². The summed E-state index contributed by atoms with van der Waals surface area (Å²) in [6.07, 6.45) is 0.00605. The number of aliphatic imine (C=N–C) groups is 1. The molecule has 2 aromatic rings. The predicted octanol–water partition coefficient (Wildman–Crippen LogP) is 2.74. The Hall–Kier alpha value is -3.92. The van der Waals surface area contributed by atoms with Gasteiger partial charge >= 0.3 is 5.97 Å². The van der Waals surface area contributed by atoms with Gasteiger partial charge in [-0.25, -0.2) is 0 Å². The second kappa shape index (κ2) is 10.4. The predicted molar refractivity (Wildman–Crippen MR) is 110 cm³/mol. The first-order chi connectivity index (χ1) is 13.9. The van der Waals surface area contributed by atoms with Crippen LogP contribution in [0.5, 0.6) is 0 Å². The van der Waals surface area contributed by atoms with Gasteiger partial charge in [0.15, 0.2) is 6.61 Å². The van der Waals surface area contributed by atoms with E-state index in [0.717, 1.165) is 5.69 Å². The third-order valence-corrected chi connectivity index (χ3v) is 3.87. The van der Waals surface area contributed by atoms with E-state index in [-0.39, 0.29) is 6.42 Å². The van der Waals surface area contributed by atoms with E-state index in [1.54, 1.807) is 38.1 Å². The van der Waals surface area contributed by atoms with E-state index >= 15 is 0 Å². The molecule has 29 heavy (non-hydrogen) atoms. The number of nitrogens with zero attached hydrogens (tertiary/aromatic N) is 2. The number of para-hydroxylation sites is 1. The van der Waals surface area contributed by atoms with Crippen LogP contribution in [-0.2, 0) is 20.7 Å². The van der Waals surface area contributed by atoms with Gasteiger partial charge in [0, 0.05) is 5.70 Å². The summed E-state index contributed by atoms with van der Waals surface area (Å²) in [5, 5.41) is 11.4. The van der Waals surface area contributed by atoms with Crippen molar-refractivity contribution in [3.8, 4) is 6.07 Å². The van der Waals surface area contributed by atoms with E-state index in [0.29, 0.717) is 28.2 Å². The zero-order valence-corrected chi connectivity index (χ0v) is 16.3. The Morgan fingerprint density at radius 2 is 1.76 bits per heavy atom. The second-order valence-electron chi connectivity index (χ2n) is 6.29. The number of amides is 1. The number of nitrogens with two attached hydrogens (primary N) is 1. The van der Waals surface area contributed by atoms with Crippen LogP contribution in [0.2, 0.25) is 0 Å². The lowest BCUT2D eigenvalue weighted by molar-refractivity contribution is -0.147. The van der Waals surface area contributed by atoms with Crippen LogP contribution in [0.15, 0.2) is 71.0 Å².